The largest absolute Gasteiger partial charge is 0.397 e. The van der Waals surface area contributed by atoms with Crippen LogP contribution in [0.4, 0.5) is 11.4 Å². The Kier molecular flexibility index (Phi) is 3.60. The molecule has 2 nitrogen and oxygen atoms in total. The van der Waals surface area contributed by atoms with E-state index in [2.05, 4.69) is 40.7 Å². The first-order valence-corrected chi connectivity index (χ1v) is 5.28. The predicted octanol–water partition coefficient (Wildman–Crippen LogP) is 2.88. The monoisotopic (exact) mass is 242 g/mol. The van der Waals surface area contributed by atoms with Crippen LogP contribution in [0.1, 0.15) is 13.8 Å². The fraction of sp³-hybridized carbons (Fsp3) is 0.400. The number of rotatable bonds is 3. The van der Waals surface area contributed by atoms with Crippen LogP contribution >= 0.6 is 15.9 Å². The molecule has 0 heterocycles. The number of hydrogen-bond acceptors (Lipinski definition) is 2. The summed E-state index contributed by atoms with van der Waals surface area (Å²) in [6, 6.07) is 5.95. The second-order valence-electron chi connectivity index (χ2n) is 2.88. The van der Waals surface area contributed by atoms with Crippen LogP contribution in [0.25, 0.3) is 0 Å². The van der Waals surface area contributed by atoms with Crippen LogP contribution in [0.5, 0.6) is 0 Å². The second kappa shape index (κ2) is 4.51. The highest BCUT2D eigenvalue weighted by molar-refractivity contribution is 9.10. The third-order valence-electron chi connectivity index (χ3n) is 2.10. The quantitative estimate of drug-likeness (QED) is 0.827. The Bertz CT molecular complexity index is 282. The maximum absolute atomic E-state index is 5.88. The first-order valence-electron chi connectivity index (χ1n) is 4.49. The summed E-state index contributed by atoms with van der Waals surface area (Å²) in [4.78, 5) is 2.24. The number of anilines is 2. The van der Waals surface area contributed by atoms with Crippen molar-refractivity contribution in [1.82, 2.24) is 0 Å². The van der Waals surface area contributed by atoms with Gasteiger partial charge in [0.2, 0.25) is 0 Å². The molecule has 0 atom stereocenters. The highest BCUT2D eigenvalue weighted by atomic mass is 79.9. The Hall–Kier alpha value is -0.700. The zero-order valence-corrected chi connectivity index (χ0v) is 9.63. The molecule has 0 aromatic heterocycles. The van der Waals surface area contributed by atoms with Gasteiger partial charge in [-0.15, -0.1) is 0 Å². The molecule has 1 aromatic rings. The first-order chi connectivity index (χ1) is 6.19. The van der Waals surface area contributed by atoms with Gasteiger partial charge in [0, 0.05) is 17.6 Å². The standard InChI is InChI=1S/C10H15BrN2/c1-3-13(4-2)10-7-8(11)5-6-9(10)12/h5-7H,3-4,12H2,1-2H3. The Labute approximate surface area is 87.9 Å². The smallest absolute Gasteiger partial charge is 0.0611 e. The van der Waals surface area contributed by atoms with Crippen molar-refractivity contribution >= 4 is 27.3 Å². The van der Waals surface area contributed by atoms with Crippen molar-refractivity contribution in [3.05, 3.63) is 22.7 Å². The summed E-state index contributed by atoms with van der Waals surface area (Å²) in [5.74, 6) is 0. The molecule has 2 N–H and O–H groups in total. The van der Waals surface area contributed by atoms with E-state index in [1.807, 2.05) is 12.1 Å². The van der Waals surface area contributed by atoms with Crippen LogP contribution < -0.4 is 10.6 Å². The Morgan fingerprint density at radius 1 is 1.31 bits per heavy atom. The Morgan fingerprint density at radius 3 is 2.46 bits per heavy atom. The molecule has 0 aliphatic carbocycles. The van der Waals surface area contributed by atoms with Gasteiger partial charge >= 0.3 is 0 Å². The van der Waals surface area contributed by atoms with Gasteiger partial charge in [-0.05, 0) is 32.0 Å². The normalized spacial score (nSPS) is 10.1. The molecule has 0 saturated carbocycles. The third-order valence-corrected chi connectivity index (χ3v) is 2.59. The number of benzene rings is 1. The van der Waals surface area contributed by atoms with E-state index in [9.17, 15) is 0 Å². The van der Waals surface area contributed by atoms with Gasteiger partial charge in [0.1, 0.15) is 0 Å². The molecule has 0 aliphatic rings. The number of halogens is 1. The number of hydrogen-bond donors (Lipinski definition) is 1. The van der Waals surface area contributed by atoms with Crippen LogP contribution in [-0.2, 0) is 0 Å². The topological polar surface area (TPSA) is 29.3 Å². The molecule has 1 rings (SSSR count). The molecular weight excluding hydrogens is 228 g/mol. The van der Waals surface area contributed by atoms with Crippen LogP contribution in [0.3, 0.4) is 0 Å². The summed E-state index contributed by atoms with van der Waals surface area (Å²) in [5, 5.41) is 0. The van der Waals surface area contributed by atoms with Crippen molar-refractivity contribution in [3.63, 3.8) is 0 Å². The minimum Gasteiger partial charge on any atom is -0.397 e. The highest BCUT2D eigenvalue weighted by Gasteiger charge is 2.05. The number of nitrogens with two attached hydrogens (primary N) is 1. The molecule has 0 unspecified atom stereocenters. The van der Waals surface area contributed by atoms with Crippen LogP contribution in [-0.4, -0.2) is 13.1 Å². The zero-order valence-electron chi connectivity index (χ0n) is 8.05. The zero-order chi connectivity index (χ0) is 9.84. The van der Waals surface area contributed by atoms with Crippen molar-refractivity contribution in [2.24, 2.45) is 0 Å². The molecule has 0 amide bonds. The van der Waals surface area contributed by atoms with Crippen LogP contribution in [0.2, 0.25) is 0 Å². The first kappa shape index (κ1) is 10.4. The van der Waals surface area contributed by atoms with Gasteiger partial charge in [0.25, 0.3) is 0 Å². The fourth-order valence-corrected chi connectivity index (χ4v) is 1.70. The van der Waals surface area contributed by atoms with Crippen molar-refractivity contribution in [3.8, 4) is 0 Å². The Morgan fingerprint density at radius 2 is 1.92 bits per heavy atom. The number of nitrogens with zero attached hydrogens (tertiary/aromatic N) is 1. The lowest BCUT2D eigenvalue weighted by Gasteiger charge is -2.22. The molecule has 3 heteroatoms. The van der Waals surface area contributed by atoms with Crippen LogP contribution in [0.15, 0.2) is 22.7 Å². The molecule has 1 aromatic carbocycles. The molecule has 0 bridgehead atoms. The van der Waals surface area contributed by atoms with Crippen molar-refractivity contribution in [2.75, 3.05) is 23.7 Å². The Balaban J connectivity index is 3.03. The molecule has 13 heavy (non-hydrogen) atoms. The predicted molar refractivity (Wildman–Crippen MR) is 62.1 cm³/mol. The van der Waals surface area contributed by atoms with E-state index >= 15 is 0 Å². The average molecular weight is 243 g/mol. The van der Waals surface area contributed by atoms with Gasteiger partial charge < -0.3 is 10.6 Å². The van der Waals surface area contributed by atoms with E-state index in [-0.39, 0.29) is 0 Å². The fourth-order valence-electron chi connectivity index (χ4n) is 1.35. The van der Waals surface area contributed by atoms with E-state index < -0.39 is 0 Å². The summed E-state index contributed by atoms with van der Waals surface area (Å²) in [6.07, 6.45) is 0. The van der Waals surface area contributed by atoms with E-state index in [1.54, 1.807) is 0 Å². The van der Waals surface area contributed by atoms with Crippen molar-refractivity contribution < 1.29 is 0 Å². The molecule has 0 spiro atoms. The van der Waals surface area contributed by atoms with E-state index in [1.165, 1.54) is 0 Å². The molecule has 0 fully saturated rings. The summed E-state index contributed by atoms with van der Waals surface area (Å²) in [5.41, 5.74) is 7.83. The maximum atomic E-state index is 5.88. The lowest BCUT2D eigenvalue weighted by Crippen LogP contribution is -2.22. The third kappa shape index (κ3) is 2.37. The lowest BCUT2D eigenvalue weighted by molar-refractivity contribution is 0.867. The van der Waals surface area contributed by atoms with Crippen LogP contribution in [0, 0.1) is 0 Å². The minimum absolute atomic E-state index is 0.840. The van der Waals surface area contributed by atoms with Gasteiger partial charge in [-0.3, -0.25) is 0 Å². The summed E-state index contributed by atoms with van der Waals surface area (Å²) < 4.78 is 1.07. The van der Waals surface area contributed by atoms with E-state index in [0.29, 0.717) is 0 Å². The van der Waals surface area contributed by atoms with E-state index in [4.69, 9.17) is 5.73 Å². The minimum atomic E-state index is 0.840. The summed E-state index contributed by atoms with van der Waals surface area (Å²) in [7, 11) is 0. The van der Waals surface area contributed by atoms with Crippen molar-refractivity contribution in [2.45, 2.75) is 13.8 Å². The second-order valence-corrected chi connectivity index (χ2v) is 3.79. The highest BCUT2D eigenvalue weighted by Crippen LogP contribution is 2.26. The molecular formula is C10H15BrN2. The van der Waals surface area contributed by atoms with Gasteiger partial charge in [0.15, 0.2) is 0 Å². The molecule has 0 radical (unpaired) electrons. The van der Waals surface area contributed by atoms with Gasteiger partial charge in [0.05, 0.1) is 11.4 Å². The SMILES string of the molecule is CCN(CC)c1cc(Br)ccc1N. The summed E-state index contributed by atoms with van der Waals surface area (Å²) >= 11 is 3.44. The summed E-state index contributed by atoms with van der Waals surface area (Å²) in [6.45, 7) is 6.22. The van der Waals surface area contributed by atoms with Gasteiger partial charge in [-0.25, -0.2) is 0 Å². The maximum Gasteiger partial charge on any atom is 0.0611 e. The molecule has 0 saturated heterocycles. The van der Waals surface area contributed by atoms with Gasteiger partial charge in [-0.2, -0.15) is 0 Å². The van der Waals surface area contributed by atoms with E-state index in [0.717, 1.165) is 28.9 Å². The lowest BCUT2D eigenvalue weighted by atomic mass is 10.2. The van der Waals surface area contributed by atoms with Crippen molar-refractivity contribution in [1.29, 1.82) is 0 Å². The average Bonchev–Trinajstić information content (AvgIpc) is 2.13. The number of nitrogen functional groups attached to an aromatic ring is 1. The molecule has 0 aliphatic heterocycles. The molecule has 72 valence electrons. The van der Waals surface area contributed by atoms with Gasteiger partial charge in [-0.1, -0.05) is 15.9 Å².